The number of carbonyl (C=O) groups excluding carboxylic acids is 3. The molecule has 4 rings (SSSR count). The van der Waals surface area contributed by atoms with Crippen molar-refractivity contribution in [1.82, 2.24) is 16.0 Å². The van der Waals surface area contributed by atoms with Crippen molar-refractivity contribution in [3.05, 3.63) is 137 Å². The molecular weight excluding hydrogens is 552 g/mol. The Morgan fingerprint density at radius 1 is 0.682 bits per heavy atom. The molecule has 2 unspecified atom stereocenters. The number of benzene rings is 4. The van der Waals surface area contributed by atoms with E-state index >= 15 is 0 Å². The second kappa shape index (κ2) is 16.0. The van der Waals surface area contributed by atoms with Crippen molar-refractivity contribution >= 4 is 17.7 Å². The highest BCUT2D eigenvalue weighted by Crippen LogP contribution is 2.15. The van der Waals surface area contributed by atoms with Crippen LogP contribution in [0.1, 0.15) is 45.1 Å². The van der Waals surface area contributed by atoms with Gasteiger partial charge >= 0.3 is 0 Å². The summed E-state index contributed by atoms with van der Waals surface area (Å²) < 4.78 is 5.55. The van der Waals surface area contributed by atoms with Crippen LogP contribution in [0.4, 0.5) is 0 Å². The van der Waals surface area contributed by atoms with Crippen molar-refractivity contribution in [2.24, 2.45) is 5.73 Å². The zero-order chi connectivity index (χ0) is 31.3. The maximum Gasteiger partial charge on any atom is 0.251 e. The maximum atomic E-state index is 13.8. The van der Waals surface area contributed by atoms with Crippen molar-refractivity contribution < 1.29 is 19.1 Å². The quantitative estimate of drug-likeness (QED) is 0.175. The number of amides is 3. The van der Waals surface area contributed by atoms with E-state index in [-0.39, 0.29) is 24.7 Å². The number of hydrogen-bond donors (Lipinski definition) is 4. The van der Waals surface area contributed by atoms with E-state index < -0.39 is 18.0 Å². The Bertz CT molecular complexity index is 1510. The van der Waals surface area contributed by atoms with Gasteiger partial charge in [-0.25, -0.2) is 0 Å². The first-order valence-electron chi connectivity index (χ1n) is 14.8. The Balaban J connectivity index is 1.53. The van der Waals surface area contributed by atoms with Crippen LogP contribution in [0.25, 0.3) is 0 Å². The molecule has 2 atom stereocenters. The predicted molar refractivity (Wildman–Crippen MR) is 172 cm³/mol. The normalized spacial score (nSPS) is 12.1. The summed E-state index contributed by atoms with van der Waals surface area (Å²) in [6, 6.07) is 29.9. The summed E-state index contributed by atoms with van der Waals surface area (Å²) in [6.45, 7) is 5.13. The van der Waals surface area contributed by atoms with Gasteiger partial charge in [-0.3, -0.25) is 14.4 Å². The molecule has 4 aromatic rings. The molecule has 44 heavy (non-hydrogen) atoms. The Labute approximate surface area is 259 Å². The van der Waals surface area contributed by atoms with Gasteiger partial charge in [0.15, 0.2) is 0 Å². The Hall–Kier alpha value is -4.95. The molecule has 0 heterocycles. The largest absolute Gasteiger partial charge is 0.494 e. The van der Waals surface area contributed by atoms with Crippen LogP contribution in [0.2, 0.25) is 0 Å². The van der Waals surface area contributed by atoms with Crippen LogP contribution < -0.4 is 26.4 Å². The number of rotatable bonds is 14. The van der Waals surface area contributed by atoms with E-state index in [1.165, 1.54) is 0 Å². The van der Waals surface area contributed by atoms with Crippen LogP contribution in [0, 0.1) is 6.92 Å². The summed E-state index contributed by atoms with van der Waals surface area (Å²) in [5, 5.41) is 8.78. The Kier molecular flexibility index (Phi) is 11.7. The molecule has 0 saturated heterocycles. The molecule has 0 aliphatic heterocycles. The Morgan fingerprint density at radius 3 is 1.86 bits per heavy atom. The molecule has 3 amide bonds. The lowest BCUT2D eigenvalue weighted by molar-refractivity contribution is -0.130. The predicted octanol–water partition coefficient (Wildman–Crippen LogP) is 4.24. The number of carbonyl (C=O) groups is 3. The lowest BCUT2D eigenvalue weighted by Gasteiger charge is -2.24. The van der Waals surface area contributed by atoms with Crippen LogP contribution in [0.5, 0.6) is 5.75 Å². The molecule has 0 saturated carbocycles. The summed E-state index contributed by atoms with van der Waals surface area (Å²) in [5.74, 6) is -0.434. The molecule has 8 heteroatoms. The second-order valence-electron chi connectivity index (χ2n) is 10.7. The molecule has 0 bridgehead atoms. The molecule has 0 radical (unpaired) electrons. The van der Waals surface area contributed by atoms with Crippen LogP contribution in [0.15, 0.2) is 103 Å². The first-order chi connectivity index (χ1) is 21.3. The minimum atomic E-state index is -0.934. The number of ether oxygens (including phenoxy) is 1. The molecular formula is C36H40N4O4. The van der Waals surface area contributed by atoms with Gasteiger partial charge in [0, 0.05) is 31.5 Å². The van der Waals surface area contributed by atoms with E-state index in [4.69, 9.17) is 10.5 Å². The zero-order valence-electron chi connectivity index (χ0n) is 25.2. The highest BCUT2D eigenvalue weighted by Gasteiger charge is 2.28. The van der Waals surface area contributed by atoms with Crippen molar-refractivity contribution in [1.29, 1.82) is 0 Å². The number of aryl methyl sites for hydroxylation is 1. The van der Waals surface area contributed by atoms with Gasteiger partial charge in [-0.2, -0.15) is 0 Å². The maximum absolute atomic E-state index is 13.8. The minimum Gasteiger partial charge on any atom is -0.494 e. The molecule has 0 spiro atoms. The van der Waals surface area contributed by atoms with Crippen molar-refractivity contribution in [2.45, 2.75) is 51.9 Å². The van der Waals surface area contributed by atoms with E-state index in [0.717, 1.165) is 33.6 Å². The fraction of sp³-hybridized carbons (Fsp3) is 0.250. The number of nitrogens with one attached hydrogen (secondary N) is 3. The van der Waals surface area contributed by atoms with Gasteiger partial charge < -0.3 is 26.4 Å². The molecule has 0 aliphatic carbocycles. The molecule has 0 fully saturated rings. The van der Waals surface area contributed by atoms with Crippen molar-refractivity contribution in [3.8, 4) is 5.75 Å². The third-order valence-corrected chi connectivity index (χ3v) is 7.25. The molecule has 228 valence electrons. The fourth-order valence-electron chi connectivity index (χ4n) is 4.72. The van der Waals surface area contributed by atoms with Crippen molar-refractivity contribution in [2.75, 3.05) is 6.61 Å². The first-order valence-corrected chi connectivity index (χ1v) is 14.8. The van der Waals surface area contributed by atoms with Gasteiger partial charge in [-0.1, -0.05) is 84.4 Å². The summed E-state index contributed by atoms with van der Waals surface area (Å²) in [6.07, 6.45) is 0.509. The highest BCUT2D eigenvalue weighted by atomic mass is 16.5. The van der Waals surface area contributed by atoms with Gasteiger partial charge in [0.1, 0.15) is 17.8 Å². The van der Waals surface area contributed by atoms with Gasteiger partial charge in [0.25, 0.3) is 5.91 Å². The molecule has 8 nitrogen and oxygen atoms in total. The monoisotopic (exact) mass is 592 g/mol. The molecule has 5 N–H and O–H groups in total. The van der Waals surface area contributed by atoms with Crippen molar-refractivity contribution in [3.63, 3.8) is 0 Å². The average Bonchev–Trinajstić information content (AvgIpc) is 3.05. The third kappa shape index (κ3) is 9.54. The SMILES string of the molecule is CCOc1ccc(CC(NC(=O)c2ccc(C)cc2)C(=O)NC(Cc2ccccc2)C(=O)NCc2ccc(CN)cc2)cc1. The average molecular weight is 593 g/mol. The highest BCUT2D eigenvalue weighted by molar-refractivity contribution is 5.98. The van der Waals surface area contributed by atoms with E-state index in [0.29, 0.717) is 25.3 Å². The number of nitrogens with two attached hydrogens (primary N) is 1. The van der Waals surface area contributed by atoms with Crippen LogP contribution in [0.3, 0.4) is 0 Å². The Morgan fingerprint density at radius 2 is 1.25 bits per heavy atom. The van der Waals surface area contributed by atoms with E-state index in [9.17, 15) is 14.4 Å². The van der Waals surface area contributed by atoms with Gasteiger partial charge in [0.05, 0.1) is 6.61 Å². The van der Waals surface area contributed by atoms with Gasteiger partial charge in [-0.15, -0.1) is 0 Å². The lowest BCUT2D eigenvalue weighted by atomic mass is 10.0. The fourth-order valence-corrected chi connectivity index (χ4v) is 4.72. The topological polar surface area (TPSA) is 123 Å². The summed E-state index contributed by atoms with van der Waals surface area (Å²) in [5.41, 5.74) is 10.8. The first kappa shape index (κ1) is 32.0. The standard InChI is InChI=1S/C36H40N4O4/c1-3-44-31-19-15-27(16-20-31)22-33(39-34(41)30-17-9-25(2)10-18-30)36(43)40-32(21-26-7-5-4-6-8-26)35(42)38-24-29-13-11-28(23-37)12-14-29/h4-20,32-33H,3,21-24,37H2,1-2H3,(H,38,42)(H,39,41)(H,40,43). The summed E-state index contributed by atoms with van der Waals surface area (Å²) in [4.78, 5) is 40.6. The van der Waals surface area contributed by atoms with Crippen LogP contribution in [-0.4, -0.2) is 36.4 Å². The van der Waals surface area contributed by atoms with Gasteiger partial charge in [-0.05, 0) is 60.4 Å². The lowest BCUT2D eigenvalue weighted by Crippen LogP contribution is -2.55. The van der Waals surface area contributed by atoms with E-state index in [1.807, 2.05) is 105 Å². The van der Waals surface area contributed by atoms with Gasteiger partial charge in [0.2, 0.25) is 11.8 Å². The zero-order valence-corrected chi connectivity index (χ0v) is 25.2. The van der Waals surface area contributed by atoms with Crippen LogP contribution >= 0.6 is 0 Å². The summed E-state index contributed by atoms with van der Waals surface area (Å²) in [7, 11) is 0. The molecule has 4 aromatic carbocycles. The van der Waals surface area contributed by atoms with Crippen LogP contribution in [-0.2, 0) is 35.5 Å². The third-order valence-electron chi connectivity index (χ3n) is 7.25. The second-order valence-corrected chi connectivity index (χ2v) is 10.7. The summed E-state index contributed by atoms with van der Waals surface area (Å²) >= 11 is 0. The minimum absolute atomic E-state index is 0.225. The molecule has 0 aliphatic rings. The number of hydrogen-bond acceptors (Lipinski definition) is 5. The van der Waals surface area contributed by atoms with E-state index in [1.54, 1.807) is 12.1 Å². The van der Waals surface area contributed by atoms with E-state index in [2.05, 4.69) is 16.0 Å². The molecule has 0 aromatic heterocycles. The smallest absolute Gasteiger partial charge is 0.251 e.